The molecule has 1 atom stereocenters. The van der Waals surface area contributed by atoms with Gasteiger partial charge >= 0.3 is 0 Å². The summed E-state index contributed by atoms with van der Waals surface area (Å²) in [5.41, 5.74) is 2.10. The quantitative estimate of drug-likeness (QED) is 0.651. The third-order valence-electron chi connectivity index (χ3n) is 2.48. The minimum Gasteiger partial charge on any atom is -0.311 e. The smallest absolute Gasteiger partial charge is 0.228 e. The number of para-hydroxylation sites is 1. The first-order valence-electron chi connectivity index (χ1n) is 4.68. The van der Waals surface area contributed by atoms with Crippen LogP contribution in [0.1, 0.15) is 12.0 Å². The van der Waals surface area contributed by atoms with Crippen molar-refractivity contribution in [2.45, 2.75) is 18.7 Å². The largest absolute Gasteiger partial charge is 0.311 e. The summed E-state index contributed by atoms with van der Waals surface area (Å²) in [5.74, 6) is 0.124. The molecule has 0 N–H and O–H groups in total. The lowest BCUT2D eigenvalue weighted by atomic mass is 10.2. The number of alkyl halides is 1. The minimum absolute atomic E-state index is 0.0397. The number of hydrogen-bond donors (Lipinski definition) is 0. The predicted molar refractivity (Wildman–Crippen MR) is 57.8 cm³/mol. The molecule has 1 aliphatic rings. The van der Waals surface area contributed by atoms with E-state index in [0.29, 0.717) is 13.0 Å². The van der Waals surface area contributed by atoms with E-state index in [0.717, 1.165) is 11.3 Å². The zero-order valence-electron chi connectivity index (χ0n) is 8.03. The zero-order chi connectivity index (χ0) is 10.1. The molecule has 1 saturated heterocycles. The molecule has 0 bridgehead atoms. The first-order chi connectivity index (χ1) is 6.68. The Morgan fingerprint density at radius 1 is 1.43 bits per heavy atom. The van der Waals surface area contributed by atoms with E-state index < -0.39 is 0 Å². The third-order valence-corrected chi connectivity index (χ3v) is 2.78. The van der Waals surface area contributed by atoms with Gasteiger partial charge in [-0.3, -0.25) is 4.79 Å². The van der Waals surface area contributed by atoms with E-state index in [1.807, 2.05) is 31.2 Å². The first kappa shape index (κ1) is 9.53. The summed E-state index contributed by atoms with van der Waals surface area (Å²) in [4.78, 5) is 13.3. The molecule has 1 amide bonds. The molecule has 2 nitrogen and oxygen atoms in total. The van der Waals surface area contributed by atoms with E-state index in [4.69, 9.17) is 11.6 Å². The zero-order valence-corrected chi connectivity index (χ0v) is 8.79. The van der Waals surface area contributed by atoms with Gasteiger partial charge in [0.25, 0.3) is 0 Å². The number of amides is 1. The standard InChI is InChI=1S/C11H12ClNO/c1-8-4-2-3-5-10(8)13-7-9(12)6-11(13)14/h2-5,9H,6-7H2,1H3. The van der Waals surface area contributed by atoms with Gasteiger partial charge in [-0.05, 0) is 18.6 Å². The molecular formula is C11H12ClNO. The summed E-state index contributed by atoms with van der Waals surface area (Å²) >= 11 is 5.94. The van der Waals surface area contributed by atoms with Gasteiger partial charge in [-0.1, -0.05) is 18.2 Å². The maximum absolute atomic E-state index is 11.6. The van der Waals surface area contributed by atoms with Crippen molar-refractivity contribution in [3.8, 4) is 0 Å². The van der Waals surface area contributed by atoms with Crippen LogP contribution >= 0.6 is 11.6 Å². The van der Waals surface area contributed by atoms with Gasteiger partial charge in [-0.15, -0.1) is 11.6 Å². The van der Waals surface area contributed by atoms with Gasteiger partial charge < -0.3 is 4.90 Å². The Bertz CT molecular complexity index is 364. The van der Waals surface area contributed by atoms with E-state index >= 15 is 0 Å². The van der Waals surface area contributed by atoms with Crippen LogP contribution in [-0.4, -0.2) is 17.8 Å². The fourth-order valence-corrected chi connectivity index (χ4v) is 2.03. The van der Waals surface area contributed by atoms with Crippen molar-refractivity contribution in [2.24, 2.45) is 0 Å². The number of halogens is 1. The van der Waals surface area contributed by atoms with E-state index in [2.05, 4.69) is 0 Å². The Hall–Kier alpha value is -1.02. The molecule has 0 radical (unpaired) electrons. The molecule has 1 fully saturated rings. The van der Waals surface area contributed by atoms with Gasteiger partial charge in [0.15, 0.2) is 0 Å². The number of aryl methyl sites for hydroxylation is 1. The van der Waals surface area contributed by atoms with E-state index in [9.17, 15) is 4.79 Å². The Labute approximate surface area is 88.5 Å². The monoisotopic (exact) mass is 209 g/mol. The number of carbonyl (C=O) groups is 1. The van der Waals surface area contributed by atoms with Crippen LogP contribution in [0.25, 0.3) is 0 Å². The van der Waals surface area contributed by atoms with Crippen molar-refractivity contribution < 1.29 is 4.79 Å². The average molecular weight is 210 g/mol. The third kappa shape index (κ3) is 1.62. The van der Waals surface area contributed by atoms with Crippen molar-refractivity contribution in [2.75, 3.05) is 11.4 Å². The number of anilines is 1. The SMILES string of the molecule is Cc1ccccc1N1CC(Cl)CC1=O. The Morgan fingerprint density at radius 2 is 2.14 bits per heavy atom. The molecule has 0 saturated carbocycles. The highest BCUT2D eigenvalue weighted by atomic mass is 35.5. The van der Waals surface area contributed by atoms with Crippen LogP contribution in [0.3, 0.4) is 0 Å². The molecule has 0 spiro atoms. The van der Waals surface area contributed by atoms with E-state index in [1.165, 1.54) is 0 Å². The topological polar surface area (TPSA) is 20.3 Å². The maximum atomic E-state index is 11.6. The number of nitrogens with zero attached hydrogens (tertiary/aromatic N) is 1. The Balaban J connectivity index is 2.32. The lowest BCUT2D eigenvalue weighted by Gasteiger charge is -2.17. The molecule has 1 aliphatic heterocycles. The van der Waals surface area contributed by atoms with E-state index in [1.54, 1.807) is 4.90 Å². The van der Waals surface area contributed by atoms with Crippen molar-refractivity contribution in [1.82, 2.24) is 0 Å². The molecule has 3 heteroatoms. The molecule has 1 unspecified atom stereocenters. The first-order valence-corrected chi connectivity index (χ1v) is 5.12. The molecule has 1 aromatic carbocycles. The fraction of sp³-hybridized carbons (Fsp3) is 0.364. The van der Waals surface area contributed by atoms with Gasteiger partial charge in [-0.2, -0.15) is 0 Å². The highest BCUT2D eigenvalue weighted by Gasteiger charge is 2.29. The molecular weight excluding hydrogens is 198 g/mol. The van der Waals surface area contributed by atoms with Crippen LogP contribution in [-0.2, 0) is 4.79 Å². The highest BCUT2D eigenvalue weighted by molar-refractivity contribution is 6.24. The van der Waals surface area contributed by atoms with E-state index in [-0.39, 0.29) is 11.3 Å². The van der Waals surface area contributed by atoms with Crippen molar-refractivity contribution in [3.63, 3.8) is 0 Å². The highest BCUT2D eigenvalue weighted by Crippen LogP contribution is 2.26. The number of hydrogen-bond acceptors (Lipinski definition) is 1. The summed E-state index contributed by atoms with van der Waals surface area (Å²) in [6.07, 6.45) is 0.454. The van der Waals surface area contributed by atoms with Crippen molar-refractivity contribution >= 4 is 23.2 Å². The molecule has 74 valence electrons. The van der Waals surface area contributed by atoms with Crippen LogP contribution in [0.5, 0.6) is 0 Å². The van der Waals surface area contributed by atoms with Crippen molar-refractivity contribution in [3.05, 3.63) is 29.8 Å². The van der Waals surface area contributed by atoms with Crippen LogP contribution in [0.2, 0.25) is 0 Å². The minimum atomic E-state index is -0.0397. The number of rotatable bonds is 1. The molecule has 0 aromatic heterocycles. The van der Waals surface area contributed by atoms with Gasteiger partial charge in [-0.25, -0.2) is 0 Å². The predicted octanol–water partition coefficient (Wildman–Crippen LogP) is 2.34. The average Bonchev–Trinajstić information content (AvgIpc) is 2.46. The Morgan fingerprint density at radius 3 is 2.71 bits per heavy atom. The summed E-state index contributed by atoms with van der Waals surface area (Å²) in [6.45, 7) is 2.63. The van der Waals surface area contributed by atoms with Crippen LogP contribution in [0.15, 0.2) is 24.3 Å². The summed E-state index contributed by atoms with van der Waals surface area (Å²) in [5, 5.41) is -0.0397. The lowest BCUT2D eigenvalue weighted by molar-refractivity contribution is -0.117. The van der Waals surface area contributed by atoms with Gasteiger partial charge in [0.2, 0.25) is 5.91 Å². The normalized spacial score (nSPS) is 21.7. The van der Waals surface area contributed by atoms with Crippen molar-refractivity contribution in [1.29, 1.82) is 0 Å². The summed E-state index contributed by atoms with van der Waals surface area (Å²) in [6, 6.07) is 7.88. The molecule has 0 aliphatic carbocycles. The van der Waals surface area contributed by atoms with Gasteiger partial charge in [0.05, 0.1) is 5.38 Å². The number of benzene rings is 1. The maximum Gasteiger partial charge on any atom is 0.228 e. The second-order valence-corrected chi connectivity index (χ2v) is 4.21. The van der Waals surface area contributed by atoms with Crippen LogP contribution in [0, 0.1) is 6.92 Å². The molecule has 1 aromatic rings. The lowest BCUT2D eigenvalue weighted by Crippen LogP contribution is -2.25. The van der Waals surface area contributed by atoms with Gasteiger partial charge in [0.1, 0.15) is 0 Å². The second-order valence-electron chi connectivity index (χ2n) is 3.59. The number of carbonyl (C=O) groups excluding carboxylic acids is 1. The van der Waals surface area contributed by atoms with Crippen LogP contribution in [0.4, 0.5) is 5.69 Å². The molecule has 14 heavy (non-hydrogen) atoms. The molecule has 2 rings (SSSR count). The summed E-state index contributed by atoms with van der Waals surface area (Å²) < 4.78 is 0. The van der Waals surface area contributed by atoms with Crippen LogP contribution < -0.4 is 4.90 Å². The second kappa shape index (κ2) is 3.62. The Kier molecular flexibility index (Phi) is 2.46. The fourth-order valence-electron chi connectivity index (χ4n) is 1.76. The molecule has 1 heterocycles. The van der Waals surface area contributed by atoms with Gasteiger partial charge in [0, 0.05) is 18.7 Å². The summed E-state index contributed by atoms with van der Waals surface area (Å²) in [7, 11) is 0.